The summed E-state index contributed by atoms with van der Waals surface area (Å²) in [7, 11) is 0. The van der Waals surface area contributed by atoms with Gasteiger partial charge in [0.2, 0.25) is 0 Å². The molecule has 0 atom stereocenters. The van der Waals surface area contributed by atoms with E-state index in [1.54, 1.807) is 0 Å². The van der Waals surface area contributed by atoms with Gasteiger partial charge in [-0.2, -0.15) is 0 Å². The number of benzene rings is 1. The van der Waals surface area contributed by atoms with E-state index >= 15 is 0 Å². The molecule has 0 aliphatic heterocycles. The molecule has 2 heterocycles. The van der Waals surface area contributed by atoms with Gasteiger partial charge in [0.05, 0.1) is 11.7 Å². The van der Waals surface area contributed by atoms with Crippen molar-refractivity contribution in [1.82, 2.24) is 14.5 Å². The first-order valence-corrected chi connectivity index (χ1v) is 6.87. The predicted octanol–water partition coefficient (Wildman–Crippen LogP) is 3.40. The number of aromatic nitrogens is 3. The largest absolute Gasteiger partial charge is 0.398 e. The molecule has 3 rings (SSSR count). The van der Waals surface area contributed by atoms with E-state index in [0.29, 0.717) is 0 Å². The fourth-order valence-corrected chi connectivity index (χ4v) is 2.43. The molecule has 1 aromatic carbocycles. The van der Waals surface area contributed by atoms with Gasteiger partial charge >= 0.3 is 0 Å². The second-order valence-corrected chi connectivity index (χ2v) is 5.02. The van der Waals surface area contributed by atoms with E-state index < -0.39 is 0 Å². The summed E-state index contributed by atoms with van der Waals surface area (Å²) >= 11 is 0. The van der Waals surface area contributed by atoms with E-state index in [-0.39, 0.29) is 0 Å². The van der Waals surface area contributed by atoms with E-state index in [9.17, 15) is 0 Å². The molecule has 0 bridgehead atoms. The fourth-order valence-electron chi connectivity index (χ4n) is 2.43. The lowest BCUT2D eigenvalue weighted by molar-refractivity contribution is 0.704. The van der Waals surface area contributed by atoms with Gasteiger partial charge in [-0.25, -0.2) is 4.98 Å². The minimum Gasteiger partial charge on any atom is -0.398 e. The van der Waals surface area contributed by atoms with E-state index in [2.05, 4.69) is 22.5 Å². The molecule has 0 saturated heterocycles. The molecule has 0 spiro atoms. The Balaban J connectivity index is 2.23. The number of hydrogen-bond donors (Lipinski definition) is 1. The number of nitrogen functional groups attached to an aromatic ring is 1. The fraction of sp³-hybridized carbons (Fsp3) is 0.250. The maximum absolute atomic E-state index is 6.03. The van der Waals surface area contributed by atoms with Crippen LogP contribution in [0, 0.1) is 6.92 Å². The third-order valence-corrected chi connectivity index (χ3v) is 3.54. The molecule has 0 radical (unpaired) electrons. The number of nitrogens with zero attached hydrogens (tertiary/aromatic N) is 3. The molecule has 4 heteroatoms. The minimum atomic E-state index is 0.802. The number of nitrogens with two attached hydrogens (primary N) is 1. The van der Waals surface area contributed by atoms with Crippen LogP contribution in [0.4, 0.5) is 5.69 Å². The zero-order chi connectivity index (χ0) is 14.1. The van der Waals surface area contributed by atoms with Gasteiger partial charge < -0.3 is 10.3 Å². The van der Waals surface area contributed by atoms with Gasteiger partial charge in [-0.3, -0.25) is 4.98 Å². The number of anilines is 1. The quantitative estimate of drug-likeness (QED) is 0.739. The Hall–Kier alpha value is -2.36. The summed E-state index contributed by atoms with van der Waals surface area (Å²) in [5.74, 6) is 0.960. The lowest BCUT2D eigenvalue weighted by atomic mass is 10.1. The van der Waals surface area contributed by atoms with Crippen molar-refractivity contribution in [1.29, 1.82) is 0 Å². The highest BCUT2D eigenvalue weighted by atomic mass is 15.1. The topological polar surface area (TPSA) is 56.7 Å². The van der Waals surface area contributed by atoms with Crippen molar-refractivity contribution >= 4 is 16.7 Å². The van der Waals surface area contributed by atoms with Gasteiger partial charge in [0.15, 0.2) is 0 Å². The summed E-state index contributed by atoms with van der Waals surface area (Å²) in [6.07, 6.45) is 4.67. The zero-order valence-electron chi connectivity index (χ0n) is 11.8. The number of fused-ring (bicyclic) bond motifs is 1. The summed E-state index contributed by atoms with van der Waals surface area (Å²) < 4.78 is 2.24. The van der Waals surface area contributed by atoms with Crippen molar-refractivity contribution in [3.05, 3.63) is 42.2 Å². The zero-order valence-corrected chi connectivity index (χ0v) is 11.8. The first-order valence-electron chi connectivity index (χ1n) is 6.87. The third kappa shape index (κ3) is 2.03. The van der Waals surface area contributed by atoms with Crippen LogP contribution in [0.2, 0.25) is 0 Å². The number of imidazole rings is 1. The van der Waals surface area contributed by atoms with Gasteiger partial charge in [0.1, 0.15) is 11.3 Å². The average molecular weight is 266 g/mol. The van der Waals surface area contributed by atoms with E-state index in [1.165, 1.54) is 0 Å². The smallest absolute Gasteiger partial charge is 0.141 e. The Morgan fingerprint density at radius 2 is 2.10 bits per heavy atom. The molecule has 2 aromatic heterocycles. The number of hydrogen-bond acceptors (Lipinski definition) is 3. The molecular formula is C16H18N4. The van der Waals surface area contributed by atoms with Gasteiger partial charge in [0.25, 0.3) is 0 Å². The predicted molar refractivity (Wildman–Crippen MR) is 82.4 cm³/mol. The molecular weight excluding hydrogens is 248 g/mol. The highest BCUT2D eigenvalue weighted by molar-refractivity contribution is 5.80. The Morgan fingerprint density at radius 3 is 2.85 bits per heavy atom. The second-order valence-electron chi connectivity index (χ2n) is 5.02. The molecule has 0 aliphatic rings. The number of aryl methyl sites for hydroxylation is 2. The molecule has 102 valence electrons. The first kappa shape index (κ1) is 12.7. The Bertz CT molecular complexity index is 758. The SMILES string of the molecule is CCCn1c(-c2ccc(C)c(N)c2)nc2cnccc21. The molecule has 4 nitrogen and oxygen atoms in total. The monoisotopic (exact) mass is 266 g/mol. The van der Waals surface area contributed by atoms with Crippen LogP contribution in [0.1, 0.15) is 18.9 Å². The summed E-state index contributed by atoms with van der Waals surface area (Å²) in [6.45, 7) is 5.11. The van der Waals surface area contributed by atoms with Crippen molar-refractivity contribution in [3.63, 3.8) is 0 Å². The maximum Gasteiger partial charge on any atom is 0.141 e. The van der Waals surface area contributed by atoms with Gasteiger partial charge in [0, 0.05) is 24.0 Å². The molecule has 0 fully saturated rings. The van der Waals surface area contributed by atoms with Crippen LogP contribution in [-0.2, 0) is 6.54 Å². The maximum atomic E-state index is 6.03. The third-order valence-electron chi connectivity index (χ3n) is 3.54. The second kappa shape index (κ2) is 4.96. The summed E-state index contributed by atoms with van der Waals surface area (Å²) in [5, 5.41) is 0. The van der Waals surface area contributed by atoms with Crippen molar-refractivity contribution in [2.24, 2.45) is 0 Å². The van der Waals surface area contributed by atoms with Crippen LogP contribution < -0.4 is 5.73 Å². The normalized spacial score (nSPS) is 11.1. The standard InChI is InChI=1S/C16H18N4/c1-3-8-20-15-6-7-18-10-14(15)19-16(20)12-5-4-11(2)13(17)9-12/h4-7,9-10H,3,8,17H2,1-2H3. The lowest BCUT2D eigenvalue weighted by Crippen LogP contribution is -2.00. The minimum absolute atomic E-state index is 0.802. The van der Waals surface area contributed by atoms with Crippen molar-refractivity contribution in [2.75, 3.05) is 5.73 Å². The molecule has 20 heavy (non-hydrogen) atoms. The molecule has 3 aromatic rings. The number of rotatable bonds is 3. The van der Waals surface area contributed by atoms with E-state index in [4.69, 9.17) is 10.7 Å². The first-order chi connectivity index (χ1) is 9.70. The molecule has 0 saturated carbocycles. The Kier molecular flexibility index (Phi) is 3.14. The Labute approximate surface area is 118 Å². The van der Waals surface area contributed by atoms with E-state index in [0.717, 1.165) is 46.6 Å². The van der Waals surface area contributed by atoms with Crippen molar-refractivity contribution in [3.8, 4) is 11.4 Å². The molecule has 2 N–H and O–H groups in total. The van der Waals surface area contributed by atoms with Crippen molar-refractivity contribution in [2.45, 2.75) is 26.8 Å². The summed E-state index contributed by atoms with van der Waals surface area (Å²) in [5.41, 5.74) is 11.0. The molecule has 0 unspecified atom stereocenters. The van der Waals surface area contributed by atoms with Crippen LogP contribution in [0.25, 0.3) is 22.4 Å². The number of pyridine rings is 1. The molecule has 0 aliphatic carbocycles. The summed E-state index contributed by atoms with van der Waals surface area (Å²) in [4.78, 5) is 8.87. The lowest BCUT2D eigenvalue weighted by Gasteiger charge is -2.09. The van der Waals surface area contributed by atoms with Crippen LogP contribution in [-0.4, -0.2) is 14.5 Å². The van der Waals surface area contributed by atoms with E-state index in [1.807, 2.05) is 37.5 Å². The van der Waals surface area contributed by atoms with Crippen LogP contribution >= 0.6 is 0 Å². The highest BCUT2D eigenvalue weighted by Crippen LogP contribution is 2.27. The van der Waals surface area contributed by atoms with Crippen LogP contribution in [0.15, 0.2) is 36.7 Å². The van der Waals surface area contributed by atoms with Gasteiger partial charge in [-0.15, -0.1) is 0 Å². The highest BCUT2D eigenvalue weighted by Gasteiger charge is 2.12. The van der Waals surface area contributed by atoms with Crippen molar-refractivity contribution < 1.29 is 0 Å². The summed E-state index contributed by atoms with van der Waals surface area (Å²) in [6, 6.07) is 8.13. The van der Waals surface area contributed by atoms with Gasteiger partial charge in [-0.1, -0.05) is 19.1 Å². The Morgan fingerprint density at radius 1 is 1.25 bits per heavy atom. The van der Waals surface area contributed by atoms with Gasteiger partial charge in [-0.05, 0) is 31.0 Å². The average Bonchev–Trinajstić information content (AvgIpc) is 2.82. The van der Waals surface area contributed by atoms with Crippen LogP contribution in [0.3, 0.4) is 0 Å². The molecule has 0 amide bonds. The van der Waals surface area contributed by atoms with Crippen LogP contribution in [0.5, 0.6) is 0 Å².